The Morgan fingerprint density at radius 3 is 2.75 bits per heavy atom. The van der Waals surface area contributed by atoms with Crippen LogP contribution < -0.4 is 10.6 Å². The van der Waals surface area contributed by atoms with Crippen LogP contribution in [0, 0.1) is 17.8 Å². The number of aliphatic hydroxyl groups excluding tert-OH is 1. The second kappa shape index (κ2) is 7.23. The zero-order valence-electron chi connectivity index (χ0n) is 15.8. The molecule has 9 nitrogen and oxygen atoms in total. The van der Waals surface area contributed by atoms with Gasteiger partial charge in [0.2, 0.25) is 17.7 Å². The van der Waals surface area contributed by atoms with E-state index in [1.807, 2.05) is 6.92 Å². The van der Waals surface area contributed by atoms with E-state index in [9.17, 15) is 19.5 Å². The number of carboxylic acid groups (broad SMARTS) is 1. The van der Waals surface area contributed by atoms with Gasteiger partial charge in [-0.2, -0.15) is 0 Å². The van der Waals surface area contributed by atoms with Crippen molar-refractivity contribution in [1.29, 1.82) is 0 Å². The molecule has 0 radical (unpaired) electrons. The van der Waals surface area contributed by atoms with Crippen LogP contribution in [0.5, 0.6) is 0 Å². The van der Waals surface area contributed by atoms with Crippen LogP contribution in [-0.4, -0.2) is 69.6 Å². The van der Waals surface area contributed by atoms with Gasteiger partial charge in [0, 0.05) is 30.3 Å². The minimum absolute atomic E-state index is 0.0311. The number of ether oxygens (including phenoxy) is 1. The van der Waals surface area contributed by atoms with E-state index in [1.54, 1.807) is 6.92 Å². The van der Waals surface area contributed by atoms with E-state index in [2.05, 4.69) is 10.6 Å². The van der Waals surface area contributed by atoms with Crippen LogP contribution in [0.15, 0.2) is 10.8 Å². The number of carbonyl (C=O) groups excluding carboxylic acids is 2. The minimum atomic E-state index is -1.46. The van der Waals surface area contributed by atoms with Gasteiger partial charge in [-0.3, -0.25) is 14.5 Å². The van der Waals surface area contributed by atoms with E-state index in [1.165, 1.54) is 16.7 Å². The molecule has 4 rings (SSSR count). The summed E-state index contributed by atoms with van der Waals surface area (Å²) in [6.45, 7) is 4.92. The second-order valence-electron chi connectivity index (χ2n) is 7.97. The first-order valence-electron chi connectivity index (χ1n) is 9.63. The van der Waals surface area contributed by atoms with Crippen molar-refractivity contribution in [3.05, 3.63) is 10.8 Å². The fraction of sp³-hybridized carbons (Fsp3) is 0.722. The molecule has 2 amide bonds. The van der Waals surface area contributed by atoms with E-state index >= 15 is 0 Å². The van der Waals surface area contributed by atoms with Gasteiger partial charge in [0.25, 0.3) is 0 Å². The van der Waals surface area contributed by atoms with Gasteiger partial charge in [-0.25, -0.2) is 4.79 Å². The predicted octanol–water partition coefficient (Wildman–Crippen LogP) is 0.307. The highest BCUT2D eigenvalue weighted by Crippen LogP contribution is 2.52. The Balaban J connectivity index is 1.51. The summed E-state index contributed by atoms with van der Waals surface area (Å²) in [6.07, 6.45) is -0.650. The molecule has 4 aliphatic rings. The normalized spacial score (nSPS) is 38.3. The number of rotatable bonds is 5. The van der Waals surface area contributed by atoms with Crippen LogP contribution in [0.1, 0.15) is 26.7 Å². The Bertz CT molecular complexity index is 741. The van der Waals surface area contributed by atoms with Crippen molar-refractivity contribution in [3.8, 4) is 0 Å². The Morgan fingerprint density at radius 1 is 1.39 bits per heavy atom. The van der Waals surface area contributed by atoms with Crippen LogP contribution in [-0.2, 0) is 14.3 Å². The van der Waals surface area contributed by atoms with Crippen LogP contribution >= 0.6 is 11.8 Å². The first-order chi connectivity index (χ1) is 13.3. The third kappa shape index (κ3) is 3.07. The van der Waals surface area contributed by atoms with Crippen molar-refractivity contribution in [2.75, 3.05) is 13.1 Å². The highest BCUT2D eigenvalue weighted by molar-refractivity contribution is 8.03. The van der Waals surface area contributed by atoms with Crippen LogP contribution in [0.3, 0.4) is 0 Å². The molecule has 0 aliphatic carbocycles. The summed E-state index contributed by atoms with van der Waals surface area (Å²) in [7, 11) is 0. The van der Waals surface area contributed by atoms with Crippen LogP contribution in [0.2, 0.25) is 0 Å². The number of fused-ring (bicyclic) bond motifs is 1. The van der Waals surface area contributed by atoms with Gasteiger partial charge in [0.05, 0.1) is 28.9 Å². The Hall–Kier alpha value is -1.78. The quantitative estimate of drug-likeness (QED) is 0.376. The number of thioether (sulfide) groups is 1. The number of β-lactam (4-membered cyclic amide) rings is 1. The monoisotopic (exact) mass is 411 g/mol. The molecule has 1 unspecified atom stereocenters. The molecule has 28 heavy (non-hydrogen) atoms. The summed E-state index contributed by atoms with van der Waals surface area (Å²) in [5.41, 5.74) is 0. The number of hydrogen-bond donors (Lipinski definition) is 4. The molecule has 0 aromatic heterocycles. The molecular weight excluding hydrogens is 386 g/mol. The first-order valence-corrected chi connectivity index (χ1v) is 10.5. The molecular formula is C18H25N3O6S. The second-order valence-corrected chi connectivity index (χ2v) is 9.31. The molecule has 10 heteroatoms. The topological polar surface area (TPSA) is 128 Å². The van der Waals surface area contributed by atoms with E-state index in [-0.39, 0.29) is 46.9 Å². The number of nitrogens with one attached hydrogen (secondary N) is 2. The fourth-order valence-corrected chi connectivity index (χ4v) is 6.35. The maximum atomic E-state index is 12.5. The van der Waals surface area contributed by atoms with Crippen molar-refractivity contribution in [1.82, 2.24) is 15.5 Å². The van der Waals surface area contributed by atoms with Gasteiger partial charge >= 0.3 is 6.16 Å². The lowest BCUT2D eigenvalue weighted by Crippen LogP contribution is -2.63. The van der Waals surface area contributed by atoms with Crippen molar-refractivity contribution in [2.45, 2.75) is 50.1 Å². The van der Waals surface area contributed by atoms with Crippen LogP contribution in [0.4, 0.5) is 4.79 Å². The standard InChI is InChI=1S/C18H25N3O6S/c1-7-13-12(8(2)22)16(24)21(13)17(27-18(25)26)14(7)28-9-5-11(20-6-9)10-3-4-19-15(10)23/h7-13,20,22H,3-6H2,1-2H3,(H,19,23)(H,25,26)/t7-,8-,9+,10?,11+,12-,13-/m1/s1. The molecule has 3 fully saturated rings. The molecule has 4 N–H and O–H groups in total. The maximum absolute atomic E-state index is 12.5. The summed E-state index contributed by atoms with van der Waals surface area (Å²) >= 11 is 1.52. The van der Waals surface area contributed by atoms with E-state index in [4.69, 9.17) is 9.84 Å². The van der Waals surface area contributed by atoms with Gasteiger partial charge in [0.15, 0.2) is 0 Å². The zero-order valence-corrected chi connectivity index (χ0v) is 16.6. The number of amides is 2. The fourth-order valence-electron chi connectivity index (χ4n) is 4.91. The van der Waals surface area contributed by atoms with Crippen molar-refractivity contribution < 1.29 is 29.3 Å². The van der Waals surface area contributed by atoms with E-state index < -0.39 is 18.2 Å². The summed E-state index contributed by atoms with van der Waals surface area (Å²) in [4.78, 5) is 37.7. The van der Waals surface area contributed by atoms with Gasteiger partial charge in [-0.05, 0) is 19.8 Å². The molecule has 0 spiro atoms. The average Bonchev–Trinajstić information content (AvgIpc) is 3.28. The minimum Gasteiger partial charge on any atom is -0.449 e. The lowest BCUT2D eigenvalue weighted by molar-refractivity contribution is -0.163. The Labute approximate surface area is 166 Å². The maximum Gasteiger partial charge on any atom is 0.512 e. The lowest BCUT2D eigenvalue weighted by Gasteiger charge is -2.45. The van der Waals surface area contributed by atoms with E-state index in [0.29, 0.717) is 13.1 Å². The number of nitrogens with zero attached hydrogens (tertiary/aromatic N) is 1. The number of hydrogen-bond acceptors (Lipinski definition) is 7. The third-order valence-corrected chi connectivity index (χ3v) is 7.74. The van der Waals surface area contributed by atoms with Gasteiger partial charge in [-0.15, -0.1) is 11.8 Å². The molecule has 154 valence electrons. The summed E-state index contributed by atoms with van der Waals surface area (Å²) in [5, 5.41) is 25.5. The SMILES string of the molecule is C[C@@H](O)[C@H]1C(=O)N2C(OC(=O)O)=C(S[C@@H]3CN[C@H](C4CCNC4=O)C3)[C@H](C)[C@H]12. The molecule has 7 atom stereocenters. The zero-order chi connectivity index (χ0) is 20.2. The Morgan fingerprint density at radius 2 is 2.14 bits per heavy atom. The smallest absolute Gasteiger partial charge is 0.449 e. The predicted molar refractivity (Wildman–Crippen MR) is 100 cm³/mol. The summed E-state index contributed by atoms with van der Waals surface area (Å²) in [5.74, 6) is -0.831. The lowest BCUT2D eigenvalue weighted by atomic mass is 9.79. The van der Waals surface area contributed by atoms with Crippen molar-refractivity contribution in [2.24, 2.45) is 17.8 Å². The van der Waals surface area contributed by atoms with Crippen molar-refractivity contribution >= 4 is 29.7 Å². The van der Waals surface area contributed by atoms with Crippen molar-refractivity contribution in [3.63, 3.8) is 0 Å². The largest absolute Gasteiger partial charge is 0.512 e. The first kappa shape index (κ1) is 19.5. The highest BCUT2D eigenvalue weighted by atomic mass is 32.2. The molecule has 3 saturated heterocycles. The number of aliphatic hydroxyl groups is 1. The third-order valence-electron chi connectivity index (χ3n) is 6.24. The number of carbonyl (C=O) groups is 3. The average molecular weight is 411 g/mol. The van der Waals surface area contributed by atoms with Gasteiger partial charge in [-0.1, -0.05) is 6.92 Å². The molecule has 4 aliphatic heterocycles. The summed E-state index contributed by atoms with van der Waals surface area (Å²) in [6, 6.07) is -0.180. The highest BCUT2D eigenvalue weighted by Gasteiger charge is 2.60. The van der Waals surface area contributed by atoms with E-state index in [0.717, 1.165) is 17.7 Å². The molecule has 0 aromatic carbocycles. The molecule has 0 aromatic rings. The Kier molecular flexibility index (Phi) is 5.05. The summed E-state index contributed by atoms with van der Waals surface area (Å²) < 4.78 is 4.99. The molecule has 4 heterocycles. The molecule has 0 saturated carbocycles. The van der Waals surface area contributed by atoms with Gasteiger partial charge in [0.1, 0.15) is 0 Å². The van der Waals surface area contributed by atoms with Gasteiger partial charge < -0.3 is 25.6 Å². The van der Waals surface area contributed by atoms with Crippen LogP contribution in [0.25, 0.3) is 0 Å². The molecule has 0 bridgehead atoms.